The van der Waals surface area contributed by atoms with Crippen LogP contribution in [0.1, 0.15) is 17.2 Å². The van der Waals surface area contributed by atoms with Crippen molar-refractivity contribution in [1.29, 1.82) is 0 Å². The standard InChI is InChI=1S/C13H13F7N2O/c14-8-2-1-7(12(15,16)17)9(10(8)23)11(13(18,19)20)22-5-3-21-4-6-22/h1-2,11,21,23H,3-6H2/t11-/m1/s1. The maximum absolute atomic E-state index is 13.4. The Morgan fingerprint density at radius 2 is 1.61 bits per heavy atom. The number of nitrogens with one attached hydrogen (secondary N) is 1. The summed E-state index contributed by atoms with van der Waals surface area (Å²) in [5.74, 6) is -3.15. The van der Waals surface area contributed by atoms with Crippen LogP contribution in [-0.2, 0) is 6.18 Å². The van der Waals surface area contributed by atoms with Gasteiger partial charge in [-0.05, 0) is 12.1 Å². The van der Waals surface area contributed by atoms with E-state index in [1.165, 1.54) is 0 Å². The number of phenolic OH excluding ortho intramolecular Hbond substituents is 1. The van der Waals surface area contributed by atoms with Crippen molar-refractivity contribution in [2.45, 2.75) is 18.4 Å². The van der Waals surface area contributed by atoms with Crippen LogP contribution in [0.15, 0.2) is 12.1 Å². The van der Waals surface area contributed by atoms with Gasteiger partial charge in [0.15, 0.2) is 11.6 Å². The second kappa shape index (κ2) is 6.16. The monoisotopic (exact) mass is 346 g/mol. The zero-order valence-corrected chi connectivity index (χ0v) is 11.6. The molecule has 23 heavy (non-hydrogen) atoms. The van der Waals surface area contributed by atoms with Crippen LogP contribution in [0.4, 0.5) is 30.7 Å². The van der Waals surface area contributed by atoms with Crippen LogP contribution in [0.2, 0.25) is 0 Å². The minimum absolute atomic E-state index is 0.143. The maximum atomic E-state index is 13.4. The molecule has 0 unspecified atom stereocenters. The Balaban J connectivity index is 2.64. The lowest BCUT2D eigenvalue weighted by Gasteiger charge is -2.37. The quantitative estimate of drug-likeness (QED) is 0.808. The smallest absolute Gasteiger partial charge is 0.416 e. The summed E-state index contributed by atoms with van der Waals surface area (Å²) in [5.41, 5.74) is -3.19. The second-order valence-electron chi connectivity index (χ2n) is 5.09. The SMILES string of the molecule is Oc1c(F)ccc(C(F)(F)F)c1[C@@H](N1CCNCC1)C(F)(F)F. The van der Waals surface area contributed by atoms with Crippen molar-refractivity contribution in [2.75, 3.05) is 26.2 Å². The molecule has 1 aromatic rings. The van der Waals surface area contributed by atoms with Gasteiger partial charge in [0, 0.05) is 31.7 Å². The number of nitrogens with zero attached hydrogens (tertiary/aromatic N) is 1. The molecule has 3 nitrogen and oxygen atoms in total. The molecule has 0 radical (unpaired) electrons. The van der Waals surface area contributed by atoms with E-state index in [0.29, 0.717) is 6.07 Å². The lowest BCUT2D eigenvalue weighted by atomic mass is 9.96. The molecule has 0 aromatic heterocycles. The highest BCUT2D eigenvalue weighted by molar-refractivity contribution is 5.45. The van der Waals surface area contributed by atoms with Gasteiger partial charge >= 0.3 is 12.4 Å². The molecule has 1 aliphatic heterocycles. The van der Waals surface area contributed by atoms with Gasteiger partial charge in [-0.15, -0.1) is 0 Å². The number of benzene rings is 1. The summed E-state index contributed by atoms with van der Waals surface area (Å²) in [5, 5.41) is 12.4. The third-order valence-corrected chi connectivity index (χ3v) is 3.57. The first-order valence-electron chi connectivity index (χ1n) is 6.63. The number of hydrogen-bond donors (Lipinski definition) is 2. The van der Waals surface area contributed by atoms with Crippen LogP contribution < -0.4 is 5.32 Å². The fourth-order valence-electron chi connectivity index (χ4n) is 2.60. The van der Waals surface area contributed by atoms with Gasteiger partial charge in [-0.2, -0.15) is 26.3 Å². The van der Waals surface area contributed by atoms with E-state index in [1.54, 1.807) is 0 Å². The van der Waals surface area contributed by atoms with E-state index in [0.717, 1.165) is 4.90 Å². The fraction of sp³-hybridized carbons (Fsp3) is 0.538. The Bertz CT molecular complexity index is 565. The van der Waals surface area contributed by atoms with E-state index >= 15 is 0 Å². The first-order valence-corrected chi connectivity index (χ1v) is 6.63. The third-order valence-electron chi connectivity index (χ3n) is 3.57. The summed E-state index contributed by atoms with van der Waals surface area (Å²) in [4.78, 5) is 0.750. The largest absolute Gasteiger partial charge is 0.505 e. The van der Waals surface area contributed by atoms with Crippen molar-refractivity contribution in [1.82, 2.24) is 10.2 Å². The Hall–Kier alpha value is -1.55. The topological polar surface area (TPSA) is 35.5 Å². The third kappa shape index (κ3) is 3.69. The molecule has 0 saturated carbocycles. The molecule has 1 heterocycles. The van der Waals surface area contributed by atoms with Gasteiger partial charge in [0.25, 0.3) is 0 Å². The molecule has 1 atom stereocenters. The van der Waals surface area contributed by atoms with Crippen molar-refractivity contribution in [3.63, 3.8) is 0 Å². The molecule has 1 saturated heterocycles. The highest BCUT2D eigenvalue weighted by Crippen LogP contribution is 2.47. The molecule has 0 spiro atoms. The Morgan fingerprint density at radius 3 is 2.09 bits per heavy atom. The van der Waals surface area contributed by atoms with Crippen molar-refractivity contribution < 1.29 is 35.8 Å². The van der Waals surface area contributed by atoms with Gasteiger partial charge < -0.3 is 10.4 Å². The van der Waals surface area contributed by atoms with Crippen molar-refractivity contribution in [2.24, 2.45) is 0 Å². The van der Waals surface area contributed by atoms with Gasteiger partial charge in [-0.3, -0.25) is 4.90 Å². The molecule has 10 heteroatoms. The molecule has 2 rings (SSSR count). The van der Waals surface area contributed by atoms with E-state index in [-0.39, 0.29) is 32.2 Å². The molecule has 0 aliphatic carbocycles. The van der Waals surface area contributed by atoms with E-state index < -0.39 is 41.1 Å². The van der Waals surface area contributed by atoms with Crippen molar-refractivity contribution in [3.8, 4) is 5.75 Å². The molecule has 1 aliphatic rings. The van der Waals surface area contributed by atoms with Gasteiger partial charge in [0.05, 0.1) is 5.56 Å². The zero-order chi connectivity index (χ0) is 17.4. The van der Waals surface area contributed by atoms with E-state index in [2.05, 4.69) is 5.32 Å². The summed E-state index contributed by atoms with van der Waals surface area (Å²) >= 11 is 0. The average molecular weight is 346 g/mol. The Kier molecular flexibility index (Phi) is 4.76. The van der Waals surface area contributed by atoms with Crippen LogP contribution in [0.25, 0.3) is 0 Å². The number of hydrogen-bond acceptors (Lipinski definition) is 3. The van der Waals surface area contributed by atoms with E-state index in [9.17, 15) is 35.8 Å². The molecular weight excluding hydrogens is 333 g/mol. The van der Waals surface area contributed by atoms with Crippen molar-refractivity contribution in [3.05, 3.63) is 29.1 Å². The minimum Gasteiger partial charge on any atom is -0.505 e. The van der Waals surface area contributed by atoms with Crippen molar-refractivity contribution >= 4 is 0 Å². The van der Waals surface area contributed by atoms with Crippen LogP contribution >= 0.6 is 0 Å². The van der Waals surface area contributed by atoms with Gasteiger partial charge in [0.2, 0.25) is 0 Å². The highest BCUT2D eigenvalue weighted by atomic mass is 19.4. The normalized spacial score (nSPS) is 18.9. The van der Waals surface area contributed by atoms with Gasteiger partial charge in [0.1, 0.15) is 6.04 Å². The molecule has 0 amide bonds. The number of alkyl halides is 6. The van der Waals surface area contributed by atoms with Crippen LogP contribution in [0.3, 0.4) is 0 Å². The lowest BCUT2D eigenvalue weighted by Crippen LogP contribution is -2.49. The maximum Gasteiger partial charge on any atom is 0.416 e. The molecule has 0 bridgehead atoms. The summed E-state index contributed by atoms with van der Waals surface area (Å²) in [6.45, 7) is -0.0805. The zero-order valence-electron chi connectivity index (χ0n) is 11.6. The number of halogens is 7. The van der Waals surface area contributed by atoms with Crippen LogP contribution in [0.5, 0.6) is 5.75 Å². The van der Waals surface area contributed by atoms with E-state index in [4.69, 9.17) is 0 Å². The number of rotatable bonds is 2. The second-order valence-corrected chi connectivity index (χ2v) is 5.09. The number of phenols is 1. The molecule has 2 N–H and O–H groups in total. The summed E-state index contributed by atoms with van der Waals surface area (Å²) < 4.78 is 92.8. The molecule has 1 fully saturated rings. The summed E-state index contributed by atoms with van der Waals surface area (Å²) in [7, 11) is 0. The lowest BCUT2D eigenvalue weighted by molar-refractivity contribution is -0.191. The Labute approximate surface area is 126 Å². The average Bonchev–Trinajstić information content (AvgIpc) is 2.42. The first kappa shape index (κ1) is 17.8. The number of aromatic hydroxyl groups is 1. The fourth-order valence-corrected chi connectivity index (χ4v) is 2.60. The highest BCUT2D eigenvalue weighted by Gasteiger charge is 2.50. The summed E-state index contributed by atoms with van der Waals surface area (Å²) in [6, 6.07) is -2.23. The predicted molar refractivity (Wildman–Crippen MR) is 66.3 cm³/mol. The predicted octanol–water partition coefficient (Wildman–Crippen LogP) is 3.06. The molecule has 130 valence electrons. The number of piperazine rings is 1. The minimum atomic E-state index is -5.15. The molecule has 1 aromatic carbocycles. The first-order chi connectivity index (χ1) is 10.5. The Morgan fingerprint density at radius 1 is 1.04 bits per heavy atom. The van der Waals surface area contributed by atoms with Gasteiger partial charge in [-0.1, -0.05) is 0 Å². The van der Waals surface area contributed by atoms with Gasteiger partial charge in [-0.25, -0.2) is 4.39 Å². The summed E-state index contributed by atoms with van der Waals surface area (Å²) in [6.07, 6.45) is -10.3. The molecular formula is C13H13F7N2O. The van der Waals surface area contributed by atoms with Crippen LogP contribution in [-0.4, -0.2) is 42.4 Å². The van der Waals surface area contributed by atoms with E-state index in [1.807, 2.05) is 0 Å². The van der Waals surface area contributed by atoms with Crippen LogP contribution in [0, 0.1) is 5.82 Å².